The average Bonchev–Trinajstić information content (AvgIpc) is 3.23. The maximum absolute atomic E-state index is 12.8. The van der Waals surface area contributed by atoms with E-state index in [1.54, 1.807) is 6.20 Å². The number of thiazole rings is 1. The fourth-order valence-electron chi connectivity index (χ4n) is 3.19. The Labute approximate surface area is 144 Å². The number of fused-ring (bicyclic) bond motifs is 1. The van der Waals surface area contributed by atoms with Gasteiger partial charge in [0.05, 0.1) is 6.20 Å². The zero-order chi connectivity index (χ0) is 16.7. The minimum Gasteiger partial charge on any atom is -0.454 e. The Morgan fingerprint density at radius 1 is 1.38 bits per heavy atom. The number of ether oxygens (including phenoxy) is 2. The molecule has 1 amide bonds. The van der Waals surface area contributed by atoms with Crippen LogP contribution in [0.4, 0.5) is 0 Å². The van der Waals surface area contributed by atoms with E-state index in [9.17, 15) is 4.79 Å². The molecule has 0 radical (unpaired) electrons. The van der Waals surface area contributed by atoms with Gasteiger partial charge >= 0.3 is 0 Å². The summed E-state index contributed by atoms with van der Waals surface area (Å²) < 4.78 is 10.7. The van der Waals surface area contributed by atoms with Crippen molar-refractivity contribution in [2.24, 2.45) is 5.73 Å². The van der Waals surface area contributed by atoms with Gasteiger partial charge in [0.25, 0.3) is 5.91 Å². The first-order valence-electron chi connectivity index (χ1n) is 8.04. The summed E-state index contributed by atoms with van der Waals surface area (Å²) >= 11 is 1.41. The molecule has 1 aromatic carbocycles. The van der Waals surface area contributed by atoms with Crippen LogP contribution in [0.3, 0.4) is 0 Å². The molecule has 2 aromatic rings. The Morgan fingerprint density at radius 2 is 2.21 bits per heavy atom. The Hall–Kier alpha value is -2.12. The van der Waals surface area contributed by atoms with E-state index in [-0.39, 0.29) is 24.8 Å². The molecule has 3 heterocycles. The van der Waals surface area contributed by atoms with Gasteiger partial charge in [0.15, 0.2) is 11.5 Å². The molecule has 0 aliphatic carbocycles. The van der Waals surface area contributed by atoms with Crippen molar-refractivity contribution in [1.82, 2.24) is 9.88 Å². The van der Waals surface area contributed by atoms with Crippen LogP contribution in [0, 0.1) is 0 Å². The van der Waals surface area contributed by atoms with Crippen LogP contribution in [-0.2, 0) is 0 Å². The first-order chi connectivity index (χ1) is 11.6. The number of hydrogen-bond acceptors (Lipinski definition) is 6. The lowest BCUT2D eigenvalue weighted by atomic mass is 9.99. The number of carbonyl (C=O) groups excluding carboxylic acids is 1. The van der Waals surface area contributed by atoms with E-state index in [1.165, 1.54) is 11.3 Å². The molecule has 1 saturated heterocycles. The summed E-state index contributed by atoms with van der Waals surface area (Å²) in [4.78, 5) is 19.7. The lowest BCUT2D eigenvalue weighted by molar-refractivity contribution is 0.0624. The fraction of sp³-hybridized carbons (Fsp3) is 0.412. The van der Waals surface area contributed by atoms with Crippen molar-refractivity contribution in [3.8, 4) is 22.1 Å². The molecule has 1 fully saturated rings. The maximum Gasteiger partial charge on any atom is 0.265 e. The Balaban J connectivity index is 1.55. The lowest BCUT2D eigenvalue weighted by Gasteiger charge is -2.36. The largest absolute Gasteiger partial charge is 0.454 e. The van der Waals surface area contributed by atoms with Gasteiger partial charge in [-0.25, -0.2) is 4.98 Å². The van der Waals surface area contributed by atoms with E-state index in [0.29, 0.717) is 17.2 Å². The predicted molar refractivity (Wildman–Crippen MR) is 91.4 cm³/mol. The number of nitrogens with zero attached hydrogens (tertiary/aromatic N) is 2. The van der Waals surface area contributed by atoms with Gasteiger partial charge in [0.2, 0.25) is 6.79 Å². The number of rotatable bonds is 2. The van der Waals surface area contributed by atoms with E-state index in [2.05, 4.69) is 11.9 Å². The fourth-order valence-corrected chi connectivity index (χ4v) is 4.06. The third-order valence-corrected chi connectivity index (χ3v) is 5.55. The molecule has 2 aliphatic rings. The summed E-state index contributed by atoms with van der Waals surface area (Å²) in [5.41, 5.74) is 6.91. The molecule has 7 heteroatoms. The van der Waals surface area contributed by atoms with Crippen molar-refractivity contribution >= 4 is 17.2 Å². The third-order valence-electron chi connectivity index (χ3n) is 4.51. The normalized spacial score (nSPS) is 22.7. The van der Waals surface area contributed by atoms with E-state index in [0.717, 1.165) is 29.2 Å². The number of benzene rings is 1. The molecule has 0 spiro atoms. The number of carbonyl (C=O) groups is 1. The lowest BCUT2D eigenvalue weighted by Crippen LogP contribution is -2.48. The molecule has 2 unspecified atom stereocenters. The first kappa shape index (κ1) is 15.4. The maximum atomic E-state index is 12.8. The highest BCUT2D eigenvalue weighted by Crippen LogP contribution is 2.37. The number of amides is 1. The van der Waals surface area contributed by atoms with Crippen LogP contribution in [-0.4, -0.2) is 41.2 Å². The van der Waals surface area contributed by atoms with Crippen LogP contribution in [0.5, 0.6) is 11.5 Å². The second-order valence-corrected chi connectivity index (χ2v) is 7.26. The average molecular weight is 345 g/mol. The van der Waals surface area contributed by atoms with Gasteiger partial charge in [0.1, 0.15) is 9.88 Å². The van der Waals surface area contributed by atoms with Crippen LogP contribution in [0.25, 0.3) is 10.6 Å². The number of nitrogens with two attached hydrogens (primary N) is 1. The SMILES string of the molecule is CC1CC(N)CCN1C(=O)c1cnc(-c2ccc3c(c2)OCO3)s1. The number of aromatic nitrogens is 1. The topological polar surface area (TPSA) is 77.7 Å². The van der Waals surface area contributed by atoms with Gasteiger partial charge in [-0.2, -0.15) is 0 Å². The minimum atomic E-state index is 0.0406. The van der Waals surface area contributed by atoms with Gasteiger partial charge in [-0.05, 0) is 38.0 Å². The molecule has 126 valence electrons. The first-order valence-corrected chi connectivity index (χ1v) is 8.86. The smallest absolute Gasteiger partial charge is 0.265 e. The molecule has 0 saturated carbocycles. The van der Waals surface area contributed by atoms with E-state index in [1.807, 2.05) is 23.1 Å². The van der Waals surface area contributed by atoms with Crippen LogP contribution < -0.4 is 15.2 Å². The quantitative estimate of drug-likeness (QED) is 0.905. The van der Waals surface area contributed by atoms with Gasteiger partial charge in [0, 0.05) is 24.2 Å². The zero-order valence-electron chi connectivity index (χ0n) is 13.4. The van der Waals surface area contributed by atoms with Crippen LogP contribution in [0.15, 0.2) is 24.4 Å². The highest BCUT2D eigenvalue weighted by atomic mass is 32.1. The zero-order valence-corrected chi connectivity index (χ0v) is 14.2. The van der Waals surface area contributed by atoms with Crippen LogP contribution in [0.2, 0.25) is 0 Å². The van der Waals surface area contributed by atoms with Gasteiger partial charge < -0.3 is 20.1 Å². The summed E-state index contributed by atoms with van der Waals surface area (Å²) in [5.74, 6) is 1.50. The molecular formula is C17H19N3O3S. The molecule has 2 N–H and O–H groups in total. The Bertz CT molecular complexity index is 776. The number of likely N-dealkylation sites (tertiary alicyclic amines) is 1. The van der Waals surface area contributed by atoms with Crippen molar-refractivity contribution in [1.29, 1.82) is 0 Å². The molecule has 2 atom stereocenters. The summed E-state index contributed by atoms with van der Waals surface area (Å²) in [6, 6.07) is 6.06. The van der Waals surface area contributed by atoms with E-state index < -0.39 is 0 Å². The van der Waals surface area contributed by atoms with Crippen molar-refractivity contribution in [2.45, 2.75) is 31.8 Å². The van der Waals surface area contributed by atoms with E-state index in [4.69, 9.17) is 15.2 Å². The molecule has 4 rings (SSSR count). The molecule has 2 aliphatic heterocycles. The number of piperidine rings is 1. The molecule has 0 bridgehead atoms. The molecular weight excluding hydrogens is 326 g/mol. The van der Waals surface area contributed by atoms with Gasteiger partial charge in [-0.15, -0.1) is 11.3 Å². The van der Waals surface area contributed by atoms with Gasteiger partial charge in [-0.3, -0.25) is 4.79 Å². The summed E-state index contributed by atoms with van der Waals surface area (Å²) in [6.07, 6.45) is 3.36. The monoisotopic (exact) mass is 345 g/mol. The van der Waals surface area contributed by atoms with Crippen LogP contribution >= 0.6 is 11.3 Å². The second-order valence-electron chi connectivity index (χ2n) is 6.23. The molecule has 6 nitrogen and oxygen atoms in total. The standard InChI is InChI=1S/C17H19N3O3S/c1-10-6-12(18)4-5-20(10)17(21)15-8-19-16(24-15)11-2-3-13-14(7-11)23-9-22-13/h2-3,7-8,10,12H,4-6,9,18H2,1H3. The van der Waals surface area contributed by atoms with Crippen molar-refractivity contribution < 1.29 is 14.3 Å². The predicted octanol–water partition coefficient (Wildman–Crippen LogP) is 2.49. The summed E-state index contributed by atoms with van der Waals surface area (Å²) in [5, 5.41) is 0.804. The highest BCUT2D eigenvalue weighted by Gasteiger charge is 2.29. The Kier molecular flexibility index (Phi) is 3.90. The Morgan fingerprint density at radius 3 is 3.04 bits per heavy atom. The van der Waals surface area contributed by atoms with Crippen molar-refractivity contribution in [3.63, 3.8) is 0 Å². The molecule has 1 aromatic heterocycles. The second kappa shape index (κ2) is 6.07. The summed E-state index contributed by atoms with van der Waals surface area (Å²) in [6.45, 7) is 3.00. The van der Waals surface area contributed by atoms with Gasteiger partial charge in [-0.1, -0.05) is 0 Å². The summed E-state index contributed by atoms with van der Waals surface area (Å²) in [7, 11) is 0. The van der Waals surface area contributed by atoms with E-state index >= 15 is 0 Å². The molecule has 24 heavy (non-hydrogen) atoms. The van der Waals surface area contributed by atoms with Crippen molar-refractivity contribution in [2.75, 3.05) is 13.3 Å². The minimum absolute atomic E-state index is 0.0406. The third kappa shape index (κ3) is 2.74. The van der Waals surface area contributed by atoms with Crippen molar-refractivity contribution in [3.05, 3.63) is 29.3 Å². The highest BCUT2D eigenvalue weighted by molar-refractivity contribution is 7.16. The number of hydrogen-bond donors (Lipinski definition) is 1. The van der Waals surface area contributed by atoms with Crippen LogP contribution in [0.1, 0.15) is 29.4 Å².